The average molecular weight is 286 g/mol. The SMILES string of the molecule is CCCCc1oc2ccccc2c1CNc1nccs1. The molecule has 0 aliphatic heterocycles. The van der Waals surface area contributed by atoms with Crippen LogP contribution in [0.25, 0.3) is 11.0 Å². The van der Waals surface area contributed by atoms with Crippen LogP contribution in [0.5, 0.6) is 0 Å². The molecule has 1 N–H and O–H groups in total. The molecule has 2 aromatic heterocycles. The van der Waals surface area contributed by atoms with Crippen LogP contribution in [0, 0.1) is 0 Å². The van der Waals surface area contributed by atoms with Crippen LogP contribution in [0.1, 0.15) is 31.1 Å². The van der Waals surface area contributed by atoms with Crippen LogP contribution in [0.2, 0.25) is 0 Å². The van der Waals surface area contributed by atoms with Crippen LogP contribution in [0.15, 0.2) is 40.3 Å². The maximum absolute atomic E-state index is 6.01. The Morgan fingerprint density at radius 3 is 3.00 bits per heavy atom. The second kappa shape index (κ2) is 6.09. The van der Waals surface area contributed by atoms with Crippen molar-refractivity contribution in [2.24, 2.45) is 0 Å². The molecule has 0 unspecified atom stereocenters. The van der Waals surface area contributed by atoms with Crippen molar-refractivity contribution in [1.29, 1.82) is 0 Å². The minimum Gasteiger partial charge on any atom is -0.461 e. The maximum atomic E-state index is 6.01. The third-order valence-electron chi connectivity index (χ3n) is 3.39. The summed E-state index contributed by atoms with van der Waals surface area (Å²) in [7, 11) is 0. The van der Waals surface area contributed by atoms with Crippen LogP contribution in [-0.4, -0.2) is 4.98 Å². The van der Waals surface area contributed by atoms with Crippen molar-refractivity contribution in [3.8, 4) is 0 Å². The van der Waals surface area contributed by atoms with Gasteiger partial charge in [-0.15, -0.1) is 11.3 Å². The quantitative estimate of drug-likeness (QED) is 0.704. The fraction of sp³-hybridized carbons (Fsp3) is 0.312. The van der Waals surface area contributed by atoms with Crippen LogP contribution in [0.3, 0.4) is 0 Å². The molecule has 0 amide bonds. The van der Waals surface area contributed by atoms with Gasteiger partial charge in [0.25, 0.3) is 0 Å². The van der Waals surface area contributed by atoms with Gasteiger partial charge >= 0.3 is 0 Å². The highest BCUT2D eigenvalue weighted by molar-refractivity contribution is 7.13. The first-order valence-electron chi connectivity index (χ1n) is 7.01. The molecular weight excluding hydrogens is 268 g/mol. The lowest BCUT2D eigenvalue weighted by Crippen LogP contribution is -2.01. The number of nitrogens with zero attached hydrogens (tertiary/aromatic N) is 1. The molecular formula is C16H18N2OS. The summed E-state index contributed by atoms with van der Waals surface area (Å²) >= 11 is 1.62. The second-order valence-corrected chi connectivity index (χ2v) is 5.69. The number of fused-ring (bicyclic) bond motifs is 1. The van der Waals surface area contributed by atoms with Gasteiger partial charge in [-0.25, -0.2) is 4.98 Å². The Morgan fingerprint density at radius 2 is 2.20 bits per heavy atom. The summed E-state index contributed by atoms with van der Waals surface area (Å²) in [6.45, 7) is 2.97. The van der Waals surface area contributed by atoms with Gasteiger partial charge in [-0.05, 0) is 12.5 Å². The summed E-state index contributed by atoms with van der Waals surface area (Å²) < 4.78 is 6.01. The Kier molecular flexibility index (Phi) is 4.02. The molecule has 0 radical (unpaired) electrons. The highest BCUT2D eigenvalue weighted by Crippen LogP contribution is 2.28. The first-order valence-corrected chi connectivity index (χ1v) is 7.89. The molecule has 0 saturated heterocycles. The number of para-hydroxylation sites is 1. The zero-order valence-corrected chi connectivity index (χ0v) is 12.4. The zero-order valence-electron chi connectivity index (χ0n) is 11.6. The number of hydrogen-bond acceptors (Lipinski definition) is 4. The van der Waals surface area contributed by atoms with E-state index in [-0.39, 0.29) is 0 Å². The van der Waals surface area contributed by atoms with Gasteiger partial charge in [0, 0.05) is 35.5 Å². The van der Waals surface area contributed by atoms with Crippen molar-refractivity contribution in [3.05, 3.63) is 47.2 Å². The summed E-state index contributed by atoms with van der Waals surface area (Å²) in [5.41, 5.74) is 2.25. The Hall–Kier alpha value is -1.81. The van der Waals surface area contributed by atoms with Crippen LogP contribution in [0.4, 0.5) is 5.13 Å². The minimum absolute atomic E-state index is 0.767. The lowest BCUT2D eigenvalue weighted by Gasteiger charge is -2.04. The molecule has 4 heteroatoms. The third kappa shape index (κ3) is 2.70. The molecule has 104 valence electrons. The molecule has 0 aliphatic rings. The summed E-state index contributed by atoms with van der Waals surface area (Å²) in [4.78, 5) is 4.26. The molecule has 0 atom stereocenters. The van der Waals surface area contributed by atoms with Gasteiger partial charge in [0.05, 0.1) is 0 Å². The summed E-state index contributed by atoms with van der Waals surface area (Å²) in [5, 5.41) is 7.53. The summed E-state index contributed by atoms with van der Waals surface area (Å²) in [6, 6.07) is 8.26. The van der Waals surface area contributed by atoms with Crippen molar-refractivity contribution >= 4 is 27.4 Å². The van der Waals surface area contributed by atoms with E-state index in [0.29, 0.717) is 0 Å². The number of hydrogen-bond donors (Lipinski definition) is 1. The zero-order chi connectivity index (χ0) is 13.8. The van der Waals surface area contributed by atoms with E-state index in [9.17, 15) is 0 Å². The van der Waals surface area contributed by atoms with Crippen LogP contribution in [-0.2, 0) is 13.0 Å². The number of furan rings is 1. The van der Waals surface area contributed by atoms with Crippen molar-refractivity contribution in [1.82, 2.24) is 4.98 Å². The van der Waals surface area contributed by atoms with Crippen molar-refractivity contribution < 1.29 is 4.42 Å². The Labute approximate surface area is 122 Å². The first-order chi connectivity index (χ1) is 9.88. The van der Waals surface area contributed by atoms with Crippen molar-refractivity contribution in [2.45, 2.75) is 32.7 Å². The van der Waals surface area contributed by atoms with Crippen LogP contribution >= 0.6 is 11.3 Å². The molecule has 0 spiro atoms. The first kappa shape index (κ1) is 13.2. The second-order valence-electron chi connectivity index (χ2n) is 4.79. The minimum atomic E-state index is 0.767. The average Bonchev–Trinajstić information content (AvgIpc) is 3.10. The van der Waals surface area contributed by atoms with E-state index in [2.05, 4.69) is 29.4 Å². The Morgan fingerprint density at radius 1 is 1.30 bits per heavy atom. The van der Waals surface area contributed by atoms with E-state index in [0.717, 1.165) is 35.9 Å². The number of benzene rings is 1. The topological polar surface area (TPSA) is 38.1 Å². The predicted octanol–water partition coefficient (Wildman–Crippen LogP) is 4.84. The smallest absolute Gasteiger partial charge is 0.182 e. The molecule has 0 saturated carbocycles. The van der Waals surface area contributed by atoms with Gasteiger partial charge in [0.1, 0.15) is 11.3 Å². The maximum Gasteiger partial charge on any atom is 0.182 e. The molecule has 3 rings (SSSR count). The molecule has 0 fully saturated rings. The van der Waals surface area contributed by atoms with Crippen molar-refractivity contribution in [2.75, 3.05) is 5.32 Å². The highest BCUT2D eigenvalue weighted by atomic mass is 32.1. The Balaban J connectivity index is 1.89. The monoisotopic (exact) mass is 286 g/mol. The van der Waals surface area contributed by atoms with Gasteiger partial charge in [0.2, 0.25) is 0 Å². The van der Waals surface area contributed by atoms with Gasteiger partial charge in [-0.2, -0.15) is 0 Å². The normalized spacial score (nSPS) is 11.1. The van der Waals surface area contributed by atoms with Gasteiger partial charge in [-0.3, -0.25) is 0 Å². The fourth-order valence-electron chi connectivity index (χ4n) is 2.36. The standard InChI is InChI=1S/C16H18N2OS/c1-2-3-7-15-13(11-18-16-17-9-10-20-16)12-6-4-5-8-14(12)19-15/h4-6,8-10H,2-3,7,11H2,1H3,(H,17,18). The molecule has 20 heavy (non-hydrogen) atoms. The molecule has 0 bridgehead atoms. The lowest BCUT2D eigenvalue weighted by molar-refractivity contribution is 0.531. The van der Waals surface area contributed by atoms with Crippen molar-refractivity contribution in [3.63, 3.8) is 0 Å². The van der Waals surface area contributed by atoms with Gasteiger partial charge in [0.15, 0.2) is 5.13 Å². The van der Waals surface area contributed by atoms with Gasteiger partial charge < -0.3 is 9.73 Å². The summed E-state index contributed by atoms with van der Waals surface area (Å²) in [5.74, 6) is 1.11. The Bertz CT molecular complexity index is 673. The largest absolute Gasteiger partial charge is 0.461 e. The van der Waals surface area contributed by atoms with E-state index >= 15 is 0 Å². The third-order valence-corrected chi connectivity index (χ3v) is 4.12. The van der Waals surface area contributed by atoms with E-state index < -0.39 is 0 Å². The van der Waals surface area contributed by atoms with E-state index in [1.165, 1.54) is 17.4 Å². The van der Waals surface area contributed by atoms with Gasteiger partial charge in [-0.1, -0.05) is 31.5 Å². The number of aromatic nitrogens is 1. The molecule has 1 aromatic carbocycles. The van der Waals surface area contributed by atoms with E-state index in [1.54, 1.807) is 11.3 Å². The number of aryl methyl sites for hydroxylation is 1. The fourth-order valence-corrected chi connectivity index (χ4v) is 2.89. The number of unbranched alkanes of at least 4 members (excludes halogenated alkanes) is 1. The molecule has 3 nitrogen and oxygen atoms in total. The predicted molar refractivity (Wildman–Crippen MR) is 84.3 cm³/mol. The number of rotatable bonds is 6. The molecule has 3 aromatic rings. The molecule has 2 heterocycles. The van der Waals surface area contributed by atoms with Crippen LogP contribution < -0.4 is 5.32 Å². The lowest BCUT2D eigenvalue weighted by atomic mass is 10.1. The van der Waals surface area contributed by atoms with E-state index in [4.69, 9.17) is 4.42 Å². The number of thiazole rings is 1. The highest BCUT2D eigenvalue weighted by Gasteiger charge is 2.13. The number of anilines is 1. The van der Waals surface area contributed by atoms with E-state index in [1.807, 2.05) is 23.7 Å². The summed E-state index contributed by atoms with van der Waals surface area (Å²) in [6.07, 6.45) is 5.15. The number of nitrogens with one attached hydrogen (secondary N) is 1. The molecule has 0 aliphatic carbocycles.